The second-order valence-corrected chi connectivity index (χ2v) is 7.16. The van der Waals surface area contributed by atoms with Crippen LogP contribution in [0.4, 0.5) is 5.82 Å². The van der Waals surface area contributed by atoms with E-state index in [1.807, 2.05) is 60.0 Å². The summed E-state index contributed by atoms with van der Waals surface area (Å²) in [5, 5.41) is 3.29. The molecule has 0 saturated carbocycles. The predicted molar refractivity (Wildman–Crippen MR) is 118 cm³/mol. The lowest BCUT2D eigenvalue weighted by molar-refractivity contribution is 0.102. The van der Waals surface area contributed by atoms with Crippen LogP contribution < -0.4 is 14.8 Å². The van der Waals surface area contributed by atoms with Crippen molar-refractivity contribution in [1.82, 2.24) is 9.38 Å². The van der Waals surface area contributed by atoms with E-state index in [1.165, 1.54) is 14.2 Å². The number of ether oxygens (including phenoxy) is 2. The van der Waals surface area contributed by atoms with E-state index in [1.54, 1.807) is 12.1 Å². The lowest BCUT2D eigenvalue weighted by Crippen LogP contribution is -2.14. The second kappa shape index (κ2) is 8.08. The monoisotopic (exact) mass is 421 g/mol. The number of fused-ring (bicyclic) bond motifs is 1. The molecule has 0 atom stereocenters. The van der Waals surface area contributed by atoms with Gasteiger partial charge in [-0.25, -0.2) is 4.98 Å². The summed E-state index contributed by atoms with van der Waals surface area (Å²) in [6.07, 6.45) is 1.94. The average molecular weight is 422 g/mol. The van der Waals surface area contributed by atoms with Gasteiger partial charge in [0.2, 0.25) is 0 Å². The number of rotatable bonds is 5. The average Bonchev–Trinajstić information content (AvgIpc) is 3.11. The molecule has 152 valence electrons. The summed E-state index contributed by atoms with van der Waals surface area (Å²) in [4.78, 5) is 17.9. The van der Waals surface area contributed by atoms with Gasteiger partial charge < -0.3 is 14.8 Å². The number of imidazole rings is 1. The second-order valence-electron chi connectivity index (χ2n) is 6.76. The summed E-state index contributed by atoms with van der Waals surface area (Å²) >= 11 is 6.28. The van der Waals surface area contributed by atoms with Crippen molar-refractivity contribution in [2.45, 2.75) is 6.92 Å². The zero-order valence-corrected chi connectivity index (χ0v) is 17.5. The van der Waals surface area contributed by atoms with E-state index >= 15 is 0 Å². The van der Waals surface area contributed by atoms with Gasteiger partial charge in [0.1, 0.15) is 17.2 Å². The Bertz CT molecular complexity index is 1240. The van der Waals surface area contributed by atoms with Crippen molar-refractivity contribution in [3.05, 3.63) is 76.9 Å². The molecular formula is C23H20ClN3O3. The van der Waals surface area contributed by atoms with Crippen molar-refractivity contribution in [3.63, 3.8) is 0 Å². The summed E-state index contributed by atoms with van der Waals surface area (Å²) in [5.41, 5.74) is 3.71. The molecule has 2 aromatic heterocycles. The van der Waals surface area contributed by atoms with Crippen LogP contribution in [0.15, 0.2) is 60.8 Å². The highest BCUT2D eigenvalue weighted by Crippen LogP contribution is 2.36. The van der Waals surface area contributed by atoms with E-state index in [0.717, 1.165) is 16.8 Å². The first kappa shape index (κ1) is 19.8. The normalized spacial score (nSPS) is 10.8. The molecular weight excluding hydrogens is 402 g/mol. The zero-order chi connectivity index (χ0) is 21.3. The molecule has 0 radical (unpaired) electrons. The smallest absolute Gasteiger partial charge is 0.257 e. The summed E-state index contributed by atoms with van der Waals surface area (Å²) in [6, 6.07) is 16.8. The van der Waals surface area contributed by atoms with E-state index in [-0.39, 0.29) is 5.91 Å². The number of aromatic nitrogens is 2. The Morgan fingerprint density at radius 3 is 2.53 bits per heavy atom. The van der Waals surface area contributed by atoms with Crippen molar-refractivity contribution < 1.29 is 14.3 Å². The zero-order valence-electron chi connectivity index (χ0n) is 16.8. The minimum atomic E-state index is -0.335. The highest BCUT2D eigenvalue weighted by molar-refractivity contribution is 6.32. The highest BCUT2D eigenvalue weighted by atomic mass is 35.5. The van der Waals surface area contributed by atoms with Crippen molar-refractivity contribution in [3.8, 4) is 22.8 Å². The number of nitrogens with one attached hydrogen (secondary N) is 1. The van der Waals surface area contributed by atoms with Gasteiger partial charge in [0.15, 0.2) is 11.5 Å². The Hall–Kier alpha value is -3.51. The quantitative estimate of drug-likeness (QED) is 0.479. The molecule has 0 spiro atoms. The van der Waals surface area contributed by atoms with Gasteiger partial charge in [0, 0.05) is 17.3 Å². The molecule has 6 nitrogen and oxygen atoms in total. The highest BCUT2D eigenvalue weighted by Gasteiger charge is 2.20. The number of hydrogen-bond donors (Lipinski definition) is 1. The van der Waals surface area contributed by atoms with Crippen LogP contribution in [0, 0.1) is 6.92 Å². The third kappa shape index (κ3) is 3.57. The number of benzene rings is 2. The molecule has 4 rings (SSSR count). The van der Waals surface area contributed by atoms with E-state index in [0.29, 0.717) is 33.6 Å². The van der Waals surface area contributed by atoms with Crippen LogP contribution in [0.2, 0.25) is 5.02 Å². The number of carbonyl (C=O) groups excluding carboxylic acids is 1. The number of amides is 1. The Morgan fingerprint density at radius 1 is 1.07 bits per heavy atom. The van der Waals surface area contributed by atoms with Crippen molar-refractivity contribution in [2.24, 2.45) is 0 Å². The fraction of sp³-hybridized carbons (Fsp3) is 0.130. The van der Waals surface area contributed by atoms with Gasteiger partial charge in [0.05, 0.1) is 19.2 Å². The summed E-state index contributed by atoms with van der Waals surface area (Å²) < 4.78 is 12.4. The maximum absolute atomic E-state index is 13.1. The van der Waals surface area contributed by atoms with Crippen molar-refractivity contribution >= 4 is 29.0 Å². The summed E-state index contributed by atoms with van der Waals surface area (Å²) in [5.74, 6) is 1.01. The van der Waals surface area contributed by atoms with Gasteiger partial charge in [-0.3, -0.25) is 9.20 Å². The van der Waals surface area contributed by atoms with Crippen molar-refractivity contribution in [2.75, 3.05) is 19.5 Å². The standard InChI is InChI=1S/C23H20ClN3O3/c1-14-9-10-19-25-20(15-7-5-4-6-8-15)22(27(19)13-14)26-23(28)16-11-17(24)21(30-3)18(12-16)29-2/h4-13H,1-3H3,(H,26,28). The Labute approximate surface area is 179 Å². The summed E-state index contributed by atoms with van der Waals surface area (Å²) in [7, 11) is 2.99. The van der Waals surface area contributed by atoms with E-state index < -0.39 is 0 Å². The molecule has 30 heavy (non-hydrogen) atoms. The number of carbonyl (C=O) groups is 1. The van der Waals surface area contributed by atoms with Crippen LogP contribution in [0.25, 0.3) is 16.9 Å². The lowest BCUT2D eigenvalue weighted by Gasteiger charge is -2.12. The predicted octanol–water partition coefficient (Wildman–Crippen LogP) is 5.23. The van der Waals surface area contributed by atoms with E-state index in [2.05, 4.69) is 5.32 Å². The molecule has 4 aromatic rings. The third-order valence-electron chi connectivity index (χ3n) is 4.74. The number of methoxy groups -OCH3 is 2. The van der Waals surface area contributed by atoms with E-state index in [4.69, 9.17) is 26.1 Å². The lowest BCUT2D eigenvalue weighted by atomic mass is 10.1. The first-order valence-electron chi connectivity index (χ1n) is 9.29. The van der Waals surface area contributed by atoms with Crippen LogP contribution >= 0.6 is 11.6 Å². The number of halogens is 1. The van der Waals surface area contributed by atoms with Gasteiger partial charge in [0.25, 0.3) is 5.91 Å². The first-order chi connectivity index (χ1) is 14.5. The van der Waals surface area contributed by atoms with Gasteiger partial charge in [-0.05, 0) is 30.7 Å². The van der Waals surface area contributed by atoms with Crippen LogP contribution in [0.5, 0.6) is 11.5 Å². The van der Waals surface area contributed by atoms with Crippen LogP contribution in [-0.2, 0) is 0 Å². The number of pyridine rings is 1. The van der Waals surface area contributed by atoms with Crippen molar-refractivity contribution in [1.29, 1.82) is 0 Å². The minimum Gasteiger partial charge on any atom is -0.493 e. The molecule has 0 aliphatic carbocycles. The number of anilines is 1. The molecule has 0 unspecified atom stereocenters. The summed E-state index contributed by atoms with van der Waals surface area (Å²) in [6.45, 7) is 1.99. The maximum Gasteiger partial charge on any atom is 0.257 e. The molecule has 1 N–H and O–H groups in total. The molecule has 2 aromatic carbocycles. The van der Waals surface area contributed by atoms with Gasteiger partial charge in [-0.2, -0.15) is 0 Å². The topological polar surface area (TPSA) is 64.9 Å². The fourth-order valence-corrected chi connectivity index (χ4v) is 3.58. The molecule has 0 saturated heterocycles. The molecule has 7 heteroatoms. The van der Waals surface area contributed by atoms with E-state index in [9.17, 15) is 4.79 Å². The van der Waals surface area contributed by atoms with Gasteiger partial charge in [-0.1, -0.05) is 48.0 Å². The minimum absolute atomic E-state index is 0.291. The molecule has 0 aliphatic rings. The molecule has 0 fully saturated rings. The van der Waals surface area contributed by atoms with Gasteiger partial charge in [-0.15, -0.1) is 0 Å². The Balaban J connectivity index is 1.81. The number of hydrogen-bond acceptors (Lipinski definition) is 4. The molecule has 1 amide bonds. The van der Waals surface area contributed by atoms with Crippen LogP contribution in [-0.4, -0.2) is 29.5 Å². The number of nitrogens with zero attached hydrogens (tertiary/aromatic N) is 2. The fourth-order valence-electron chi connectivity index (χ4n) is 3.30. The van der Waals surface area contributed by atoms with Crippen LogP contribution in [0.1, 0.15) is 15.9 Å². The Kier molecular flexibility index (Phi) is 5.33. The largest absolute Gasteiger partial charge is 0.493 e. The third-order valence-corrected chi connectivity index (χ3v) is 5.02. The molecule has 0 bridgehead atoms. The number of aryl methyl sites for hydroxylation is 1. The van der Waals surface area contributed by atoms with Gasteiger partial charge >= 0.3 is 0 Å². The molecule has 2 heterocycles. The molecule has 0 aliphatic heterocycles. The van der Waals surface area contributed by atoms with Crippen LogP contribution in [0.3, 0.4) is 0 Å². The maximum atomic E-state index is 13.1. The SMILES string of the molecule is COc1cc(C(=O)Nc2c(-c3ccccc3)nc3ccc(C)cn23)cc(Cl)c1OC. The Morgan fingerprint density at radius 2 is 1.83 bits per heavy atom. The first-order valence-corrected chi connectivity index (χ1v) is 9.66.